The summed E-state index contributed by atoms with van der Waals surface area (Å²) in [6, 6.07) is 0.356. The predicted octanol–water partition coefficient (Wildman–Crippen LogP) is 1.31. The zero-order chi connectivity index (χ0) is 9.68. The molecule has 0 unspecified atom stereocenters. The maximum absolute atomic E-state index is 8.68. The van der Waals surface area contributed by atoms with Gasteiger partial charge in [-0.05, 0) is 20.3 Å². The highest BCUT2D eigenvalue weighted by molar-refractivity contribution is 7.09. The van der Waals surface area contributed by atoms with Crippen LogP contribution in [0.25, 0.3) is 0 Å². The first-order valence-electron chi connectivity index (χ1n) is 4.47. The van der Waals surface area contributed by atoms with E-state index in [0.29, 0.717) is 6.04 Å². The largest absolute Gasteiger partial charge is 0.396 e. The van der Waals surface area contributed by atoms with E-state index >= 15 is 0 Å². The van der Waals surface area contributed by atoms with E-state index < -0.39 is 0 Å². The van der Waals surface area contributed by atoms with Crippen molar-refractivity contribution < 1.29 is 5.11 Å². The van der Waals surface area contributed by atoms with Crippen LogP contribution in [-0.4, -0.2) is 22.7 Å². The second kappa shape index (κ2) is 5.32. The topological polar surface area (TPSA) is 45.1 Å². The maximum atomic E-state index is 8.68. The zero-order valence-corrected chi connectivity index (χ0v) is 8.90. The zero-order valence-electron chi connectivity index (χ0n) is 8.08. The highest BCUT2D eigenvalue weighted by atomic mass is 32.1. The van der Waals surface area contributed by atoms with Crippen molar-refractivity contribution in [3.63, 3.8) is 0 Å². The molecule has 0 saturated heterocycles. The predicted molar refractivity (Wildman–Crippen MR) is 54.9 cm³/mol. The molecule has 4 heteroatoms. The van der Waals surface area contributed by atoms with Crippen molar-refractivity contribution in [1.82, 2.24) is 10.3 Å². The molecule has 0 bridgehead atoms. The molecule has 0 amide bonds. The molecular formula is C9H16N2OS. The normalized spacial score (nSPS) is 13.2. The van der Waals surface area contributed by atoms with Gasteiger partial charge < -0.3 is 10.4 Å². The molecule has 1 rings (SSSR count). The summed E-state index contributed by atoms with van der Waals surface area (Å²) in [6.07, 6.45) is 0.796. The lowest BCUT2D eigenvalue weighted by Gasteiger charge is -2.10. The SMILES string of the molecule is Cc1csc(CN[C@H](C)CCO)n1. The van der Waals surface area contributed by atoms with Crippen molar-refractivity contribution in [2.75, 3.05) is 6.61 Å². The van der Waals surface area contributed by atoms with Crippen molar-refractivity contribution in [3.05, 3.63) is 16.1 Å². The fourth-order valence-electron chi connectivity index (χ4n) is 1.04. The fraction of sp³-hybridized carbons (Fsp3) is 0.667. The minimum Gasteiger partial charge on any atom is -0.396 e. The van der Waals surface area contributed by atoms with E-state index in [1.807, 2.05) is 12.3 Å². The van der Waals surface area contributed by atoms with Gasteiger partial charge in [-0.25, -0.2) is 4.98 Å². The van der Waals surface area contributed by atoms with Gasteiger partial charge in [-0.2, -0.15) is 0 Å². The Hall–Kier alpha value is -0.450. The van der Waals surface area contributed by atoms with Gasteiger partial charge in [-0.15, -0.1) is 11.3 Å². The minimum absolute atomic E-state index is 0.241. The molecular weight excluding hydrogens is 184 g/mol. The highest BCUT2D eigenvalue weighted by Gasteiger charge is 2.02. The molecule has 0 aliphatic rings. The number of rotatable bonds is 5. The van der Waals surface area contributed by atoms with Crippen LogP contribution in [0, 0.1) is 6.92 Å². The molecule has 1 aromatic heterocycles. The molecule has 13 heavy (non-hydrogen) atoms. The molecule has 2 N–H and O–H groups in total. The average Bonchev–Trinajstić information content (AvgIpc) is 2.49. The van der Waals surface area contributed by atoms with Crippen LogP contribution in [0.3, 0.4) is 0 Å². The molecule has 0 aromatic carbocycles. The number of hydrogen-bond acceptors (Lipinski definition) is 4. The molecule has 0 spiro atoms. The van der Waals surface area contributed by atoms with Crippen LogP contribution < -0.4 is 5.32 Å². The van der Waals surface area contributed by atoms with E-state index in [1.165, 1.54) is 0 Å². The summed E-state index contributed by atoms with van der Waals surface area (Å²) in [6.45, 7) is 5.11. The third kappa shape index (κ3) is 3.85. The highest BCUT2D eigenvalue weighted by Crippen LogP contribution is 2.08. The summed E-state index contributed by atoms with van der Waals surface area (Å²) in [7, 11) is 0. The second-order valence-corrected chi connectivity index (χ2v) is 4.12. The molecule has 0 aliphatic heterocycles. The van der Waals surface area contributed by atoms with Crippen molar-refractivity contribution >= 4 is 11.3 Å². The standard InChI is InChI=1S/C9H16N2OS/c1-7(3-4-12)10-5-9-11-8(2)6-13-9/h6-7,10,12H,3-5H2,1-2H3/t7-/m1/s1. The van der Waals surface area contributed by atoms with Gasteiger partial charge in [0, 0.05) is 30.3 Å². The molecule has 1 heterocycles. The lowest BCUT2D eigenvalue weighted by atomic mass is 10.2. The van der Waals surface area contributed by atoms with Gasteiger partial charge in [-0.1, -0.05) is 0 Å². The Morgan fingerprint density at radius 1 is 1.69 bits per heavy atom. The van der Waals surface area contributed by atoms with Gasteiger partial charge >= 0.3 is 0 Å². The van der Waals surface area contributed by atoms with Crippen LogP contribution in [-0.2, 0) is 6.54 Å². The number of nitrogens with zero attached hydrogens (tertiary/aromatic N) is 1. The van der Waals surface area contributed by atoms with Crippen LogP contribution in [0.15, 0.2) is 5.38 Å². The Balaban J connectivity index is 2.26. The second-order valence-electron chi connectivity index (χ2n) is 3.18. The summed E-state index contributed by atoms with van der Waals surface area (Å²) in [5, 5.41) is 15.1. The summed E-state index contributed by atoms with van der Waals surface area (Å²) >= 11 is 1.67. The van der Waals surface area contributed by atoms with Gasteiger partial charge in [-0.3, -0.25) is 0 Å². The summed E-state index contributed by atoms with van der Waals surface area (Å²) in [5.74, 6) is 0. The van der Waals surface area contributed by atoms with Crippen molar-refractivity contribution in [3.8, 4) is 0 Å². The Labute approximate surface area is 82.8 Å². The van der Waals surface area contributed by atoms with Crippen LogP contribution in [0.4, 0.5) is 0 Å². The van der Waals surface area contributed by atoms with E-state index in [1.54, 1.807) is 11.3 Å². The van der Waals surface area contributed by atoms with Crippen LogP contribution >= 0.6 is 11.3 Å². The van der Waals surface area contributed by atoms with E-state index in [4.69, 9.17) is 5.11 Å². The molecule has 3 nitrogen and oxygen atoms in total. The Morgan fingerprint density at radius 2 is 2.46 bits per heavy atom. The maximum Gasteiger partial charge on any atom is 0.107 e. The van der Waals surface area contributed by atoms with Gasteiger partial charge in [0.15, 0.2) is 0 Å². The van der Waals surface area contributed by atoms with Gasteiger partial charge in [0.2, 0.25) is 0 Å². The molecule has 0 saturated carbocycles. The number of nitrogens with one attached hydrogen (secondary N) is 1. The minimum atomic E-state index is 0.241. The number of aliphatic hydroxyl groups is 1. The van der Waals surface area contributed by atoms with Crippen molar-refractivity contribution in [2.45, 2.75) is 32.9 Å². The smallest absolute Gasteiger partial charge is 0.107 e. The van der Waals surface area contributed by atoms with E-state index in [-0.39, 0.29) is 6.61 Å². The van der Waals surface area contributed by atoms with Crippen LogP contribution in [0.2, 0.25) is 0 Å². The summed E-state index contributed by atoms with van der Waals surface area (Å²) in [4.78, 5) is 4.34. The number of aliphatic hydroxyl groups excluding tert-OH is 1. The quantitative estimate of drug-likeness (QED) is 0.753. The van der Waals surface area contributed by atoms with Gasteiger partial charge in [0.1, 0.15) is 5.01 Å². The van der Waals surface area contributed by atoms with Gasteiger partial charge in [0.05, 0.1) is 0 Å². The fourth-order valence-corrected chi connectivity index (χ4v) is 1.76. The lowest BCUT2D eigenvalue weighted by Crippen LogP contribution is -2.26. The first kappa shape index (κ1) is 10.6. The first-order chi connectivity index (χ1) is 6.22. The summed E-state index contributed by atoms with van der Waals surface area (Å²) in [5.41, 5.74) is 1.08. The molecule has 0 radical (unpaired) electrons. The van der Waals surface area contributed by atoms with Crippen molar-refractivity contribution in [2.24, 2.45) is 0 Å². The third-order valence-corrected chi connectivity index (χ3v) is 2.80. The van der Waals surface area contributed by atoms with Crippen LogP contribution in [0.1, 0.15) is 24.0 Å². The van der Waals surface area contributed by atoms with E-state index in [9.17, 15) is 0 Å². The monoisotopic (exact) mass is 200 g/mol. The lowest BCUT2D eigenvalue weighted by molar-refractivity contribution is 0.268. The summed E-state index contributed by atoms with van der Waals surface area (Å²) < 4.78 is 0. The molecule has 1 aromatic rings. The van der Waals surface area contributed by atoms with Crippen molar-refractivity contribution in [1.29, 1.82) is 0 Å². The Bertz CT molecular complexity index is 250. The Morgan fingerprint density at radius 3 is 3.00 bits per heavy atom. The Kier molecular flexibility index (Phi) is 4.35. The number of hydrogen-bond donors (Lipinski definition) is 2. The number of aromatic nitrogens is 1. The number of aryl methyl sites for hydroxylation is 1. The first-order valence-corrected chi connectivity index (χ1v) is 5.35. The molecule has 1 atom stereocenters. The average molecular weight is 200 g/mol. The van der Waals surface area contributed by atoms with E-state index in [2.05, 4.69) is 17.2 Å². The molecule has 0 aliphatic carbocycles. The van der Waals surface area contributed by atoms with Crippen LogP contribution in [0.5, 0.6) is 0 Å². The van der Waals surface area contributed by atoms with E-state index in [0.717, 1.165) is 23.7 Å². The molecule has 0 fully saturated rings. The third-order valence-electron chi connectivity index (χ3n) is 1.83. The van der Waals surface area contributed by atoms with Gasteiger partial charge in [0.25, 0.3) is 0 Å². The number of thiazole rings is 1. The molecule has 74 valence electrons.